The Hall–Kier alpha value is -1.81. The first-order valence-electron chi connectivity index (χ1n) is 9.55. The SMILES string of the molecule is CCCCCC(CC)C1(OCCC)C=C(C(=O)O)c2ccccc2N1. The zero-order chi connectivity index (χ0) is 18.3. The Morgan fingerprint density at radius 2 is 1.96 bits per heavy atom. The van der Waals surface area contributed by atoms with Crippen molar-refractivity contribution in [2.75, 3.05) is 11.9 Å². The molecule has 0 bridgehead atoms. The number of fused-ring (bicyclic) bond motifs is 1. The van der Waals surface area contributed by atoms with Crippen LogP contribution in [0.3, 0.4) is 0 Å². The molecular weight excluding hydrogens is 314 g/mol. The predicted molar refractivity (Wildman–Crippen MR) is 103 cm³/mol. The molecule has 4 heteroatoms. The summed E-state index contributed by atoms with van der Waals surface area (Å²) in [5.41, 5.74) is 1.15. The van der Waals surface area contributed by atoms with Crippen LogP contribution >= 0.6 is 0 Å². The van der Waals surface area contributed by atoms with Gasteiger partial charge in [-0.2, -0.15) is 0 Å². The van der Waals surface area contributed by atoms with Crippen molar-refractivity contribution in [3.8, 4) is 0 Å². The number of unbranched alkanes of at least 4 members (excludes halogenated alkanes) is 2. The molecule has 2 atom stereocenters. The van der Waals surface area contributed by atoms with E-state index in [1.54, 1.807) is 0 Å². The molecule has 2 rings (SSSR count). The Morgan fingerprint density at radius 1 is 1.20 bits per heavy atom. The van der Waals surface area contributed by atoms with E-state index < -0.39 is 11.7 Å². The molecule has 0 saturated carbocycles. The van der Waals surface area contributed by atoms with Gasteiger partial charge < -0.3 is 15.2 Å². The van der Waals surface area contributed by atoms with E-state index in [4.69, 9.17) is 4.74 Å². The van der Waals surface area contributed by atoms with E-state index in [0.717, 1.165) is 36.9 Å². The van der Waals surface area contributed by atoms with E-state index in [1.807, 2.05) is 30.3 Å². The van der Waals surface area contributed by atoms with Crippen LogP contribution in [0.2, 0.25) is 0 Å². The highest BCUT2D eigenvalue weighted by atomic mass is 16.5. The lowest BCUT2D eigenvalue weighted by molar-refractivity contribution is -0.130. The molecule has 1 aromatic rings. The molecule has 2 unspecified atom stereocenters. The summed E-state index contributed by atoms with van der Waals surface area (Å²) in [6.07, 6.45) is 8.16. The van der Waals surface area contributed by atoms with Gasteiger partial charge in [-0.15, -0.1) is 0 Å². The molecule has 0 aromatic heterocycles. The molecule has 1 aliphatic heterocycles. The van der Waals surface area contributed by atoms with Gasteiger partial charge in [0.15, 0.2) is 5.72 Å². The van der Waals surface area contributed by atoms with Crippen LogP contribution in [0.5, 0.6) is 0 Å². The van der Waals surface area contributed by atoms with Gasteiger partial charge in [0, 0.05) is 23.8 Å². The van der Waals surface area contributed by atoms with Gasteiger partial charge in [-0.05, 0) is 31.4 Å². The second-order valence-electron chi connectivity index (χ2n) is 6.78. The smallest absolute Gasteiger partial charge is 0.336 e. The number of ether oxygens (including phenoxy) is 1. The van der Waals surface area contributed by atoms with Gasteiger partial charge >= 0.3 is 5.97 Å². The standard InChI is InChI=1S/C21H31NO3/c1-4-7-8-11-16(6-3)21(25-14-5-2)15-18(20(23)24)17-12-9-10-13-19(17)22-21/h9-10,12-13,15-16,22H,4-8,11,14H2,1-3H3,(H,23,24). The van der Waals surface area contributed by atoms with Crippen LogP contribution in [0.1, 0.15) is 64.9 Å². The van der Waals surface area contributed by atoms with Gasteiger partial charge in [-0.3, -0.25) is 0 Å². The molecule has 1 aliphatic rings. The van der Waals surface area contributed by atoms with Crippen molar-refractivity contribution in [1.29, 1.82) is 0 Å². The Balaban J connectivity index is 2.44. The third-order valence-corrected chi connectivity index (χ3v) is 4.94. The highest BCUT2D eigenvalue weighted by Gasteiger charge is 2.41. The van der Waals surface area contributed by atoms with Crippen LogP contribution in [0.25, 0.3) is 5.57 Å². The molecule has 0 radical (unpaired) electrons. The fraction of sp³-hybridized carbons (Fsp3) is 0.571. The molecule has 1 heterocycles. The molecular formula is C21H31NO3. The van der Waals surface area contributed by atoms with Gasteiger partial charge in [0.1, 0.15) is 0 Å². The minimum Gasteiger partial charge on any atom is -0.478 e. The number of carbonyl (C=O) groups is 1. The van der Waals surface area contributed by atoms with Crippen LogP contribution in [0.4, 0.5) is 5.69 Å². The van der Waals surface area contributed by atoms with Crippen LogP contribution in [-0.4, -0.2) is 23.4 Å². The summed E-state index contributed by atoms with van der Waals surface area (Å²) in [7, 11) is 0. The van der Waals surface area contributed by atoms with E-state index in [1.165, 1.54) is 12.8 Å². The van der Waals surface area contributed by atoms with E-state index in [9.17, 15) is 9.90 Å². The van der Waals surface area contributed by atoms with Crippen LogP contribution < -0.4 is 5.32 Å². The van der Waals surface area contributed by atoms with Crippen molar-refractivity contribution >= 4 is 17.2 Å². The molecule has 25 heavy (non-hydrogen) atoms. The lowest BCUT2D eigenvalue weighted by Crippen LogP contribution is -2.49. The molecule has 0 fully saturated rings. The average molecular weight is 345 g/mol. The van der Waals surface area contributed by atoms with Crippen molar-refractivity contribution in [3.05, 3.63) is 35.9 Å². The fourth-order valence-corrected chi connectivity index (χ4v) is 3.59. The van der Waals surface area contributed by atoms with Crippen LogP contribution in [-0.2, 0) is 9.53 Å². The number of nitrogens with one attached hydrogen (secondary N) is 1. The van der Waals surface area contributed by atoms with E-state index >= 15 is 0 Å². The lowest BCUT2D eigenvalue weighted by atomic mass is 9.82. The number of anilines is 1. The highest BCUT2D eigenvalue weighted by Crippen LogP contribution is 2.41. The summed E-state index contributed by atoms with van der Waals surface area (Å²) in [4.78, 5) is 11.9. The number of hydrogen-bond donors (Lipinski definition) is 2. The molecule has 1 aromatic carbocycles. The quantitative estimate of drug-likeness (QED) is 0.564. The lowest BCUT2D eigenvalue weighted by Gasteiger charge is -2.43. The normalized spacial score (nSPS) is 20.4. The number of rotatable bonds is 10. The summed E-state index contributed by atoms with van der Waals surface area (Å²) in [6, 6.07) is 7.59. The average Bonchev–Trinajstić information content (AvgIpc) is 2.62. The van der Waals surface area contributed by atoms with Crippen molar-refractivity contribution in [2.24, 2.45) is 5.92 Å². The third-order valence-electron chi connectivity index (χ3n) is 4.94. The molecule has 4 nitrogen and oxygen atoms in total. The zero-order valence-corrected chi connectivity index (χ0v) is 15.7. The maximum Gasteiger partial charge on any atom is 0.336 e. The summed E-state index contributed by atoms with van der Waals surface area (Å²) in [6.45, 7) is 7.03. The molecule has 0 spiro atoms. The summed E-state index contributed by atoms with van der Waals surface area (Å²) in [5, 5.41) is 13.3. The largest absolute Gasteiger partial charge is 0.478 e. The second kappa shape index (κ2) is 9.04. The Morgan fingerprint density at radius 3 is 2.60 bits per heavy atom. The van der Waals surface area contributed by atoms with Crippen molar-refractivity contribution < 1.29 is 14.6 Å². The molecule has 0 aliphatic carbocycles. The van der Waals surface area contributed by atoms with Crippen molar-refractivity contribution in [1.82, 2.24) is 0 Å². The van der Waals surface area contributed by atoms with E-state index in [-0.39, 0.29) is 5.92 Å². The van der Waals surface area contributed by atoms with Gasteiger partial charge in [0.05, 0.1) is 5.57 Å². The van der Waals surface area contributed by atoms with Gasteiger partial charge in [-0.25, -0.2) is 4.79 Å². The first-order valence-corrected chi connectivity index (χ1v) is 9.55. The maximum atomic E-state index is 11.9. The van der Waals surface area contributed by atoms with Gasteiger partial charge in [0.2, 0.25) is 0 Å². The summed E-state index contributed by atoms with van der Waals surface area (Å²) < 4.78 is 6.29. The van der Waals surface area contributed by atoms with Crippen LogP contribution in [0, 0.1) is 5.92 Å². The van der Waals surface area contributed by atoms with Gasteiger partial charge in [-0.1, -0.05) is 58.2 Å². The van der Waals surface area contributed by atoms with E-state index in [2.05, 4.69) is 26.1 Å². The third kappa shape index (κ3) is 4.43. The van der Waals surface area contributed by atoms with Gasteiger partial charge in [0.25, 0.3) is 0 Å². The molecule has 138 valence electrons. The van der Waals surface area contributed by atoms with Crippen LogP contribution in [0.15, 0.2) is 30.3 Å². The van der Waals surface area contributed by atoms with Crippen molar-refractivity contribution in [2.45, 2.75) is 65.0 Å². The molecule has 0 saturated heterocycles. The first kappa shape index (κ1) is 19.5. The highest BCUT2D eigenvalue weighted by molar-refractivity contribution is 6.18. The number of carboxylic acids is 1. The Labute approximate surface area is 151 Å². The first-order chi connectivity index (χ1) is 12.1. The Kier molecular flexibility index (Phi) is 7.06. The second-order valence-corrected chi connectivity index (χ2v) is 6.78. The van der Waals surface area contributed by atoms with Crippen molar-refractivity contribution in [3.63, 3.8) is 0 Å². The predicted octanol–water partition coefficient (Wildman–Crippen LogP) is 5.31. The minimum absolute atomic E-state index is 0.230. The summed E-state index contributed by atoms with van der Waals surface area (Å²) >= 11 is 0. The molecule has 0 amide bonds. The number of carboxylic acid groups (broad SMARTS) is 1. The number of hydrogen-bond acceptors (Lipinski definition) is 3. The fourth-order valence-electron chi connectivity index (χ4n) is 3.59. The number of aliphatic carboxylic acids is 1. The minimum atomic E-state index is -0.901. The number of para-hydroxylation sites is 1. The summed E-state index contributed by atoms with van der Waals surface area (Å²) in [5.74, 6) is -0.671. The van der Waals surface area contributed by atoms with E-state index in [0.29, 0.717) is 12.2 Å². The Bertz CT molecular complexity index is 611. The topological polar surface area (TPSA) is 58.6 Å². The zero-order valence-electron chi connectivity index (χ0n) is 15.7. The number of benzene rings is 1. The maximum absolute atomic E-state index is 11.9. The molecule has 2 N–H and O–H groups in total. The monoisotopic (exact) mass is 345 g/mol.